The van der Waals surface area contributed by atoms with E-state index in [1.165, 1.54) is 24.7 Å². The molecule has 1 unspecified atom stereocenters. The summed E-state index contributed by atoms with van der Waals surface area (Å²) < 4.78 is 5.02. The van der Waals surface area contributed by atoms with E-state index in [1.54, 1.807) is 6.07 Å². The average molecular weight is 289 g/mol. The van der Waals surface area contributed by atoms with Crippen LogP contribution in [0.3, 0.4) is 0 Å². The molecule has 0 saturated heterocycles. The number of benzene rings is 1. The molecule has 1 aromatic carbocycles. The van der Waals surface area contributed by atoms with E-state index in [1.807, 2.05) is 30.3 Å². The van der Waals surface area contributed by atoms with Crippen LogP contribution in [0, 0.1) is 5.92 Å². The zero-order chi connectivity index (χ0) is 13.9. The summed E-state index contributed by atoms with van der Waals surface area (Å²) in [6.07, 6.45) is 5.95. The minimum atomic E-state index is -0.202. The van der Waals surface area contributed by atoms with Crippen LogP contribution in [0.15, 0.2) is 51.9 Å². The smallest absolute Gasteiger partial charge is 0.339 e. The SMILES string of the molecule is O=c1occcc1C(Cc1ccc(Cl)cc1)CC1CC1. The Balaban J connectivity index is 1.84. The molecule has 0 aliphatic heterocycles. The van der Waals surface area contributed by atoms with Crippen molar-refractivity contribution >= 4 is 11.6 Å². The number of halogens is 1. The van der Waals surface area contributed by atoms with Gasteiger partial charge in [-0.2, -0.15) is 0 Å². The Hall–Kier alpha value is -1.54. The molecule has 2 aromatic rings. The van der Waals surface area contributed by atoms with Crippen LogP contribution in [0.25, 0.3) is 0 Å². The van der Waals surface area contributed by atoms with Crippen molar-refractivity contribution in [2.24, 2.45) is 5.92 Å². The molecule has 0 radical (unpaired) electrons. The molecule has 0 bridgehead atoms. The van der Waals surface area contributed by atoms with Gasteiger partial charge in [0.1, 0.15) is 0 Å². The Morgan fingerprint density at radius 1 is 1.20 bits per heavy atom. The highest BCUT2D eigenvalue weighted by molar-refractivity contribution is 6.30. The van der Waals surface area contributed by atoms with E-state index in [4.69, 9.17) is 16.0 Å². The highest BCUT2D eigenvalue weighted by atomic mass is 35.5. The average Bonchev–Trinajstić information content (AvgIpc) is 3.25. The van der Waals surface area contributed by atoms with Gasteiger partial charge >= 0.3 is 5.63 Å². The summed E-state index contributed by atoms with van der Waals surface area (Å²) in [5, 5.41) is 0.742. The van der Waals surface area contributed by atoms with Crippen LogP contribution in [0.1, 0.15) is 36.3 Å². The Morgan fingerprint density at radius 2 is 1.95 bits per heavy atom. The van der Waals surface area contributed by atoms with Crippen LogP contribution in [0.5, 0.6) is 0 Å². The summed E-state index contributed by atoms with van der Waals surface area (Å²) in [6.45, 7) is 0. The third-order valence-electron chi connectivity index (χ3n) is 3.92. The van der Waals surface area contributed by atoms with E-state index in [9.17, 15) is 4.79 Å². The molecular formula is C17H17ClO2. The van der Waals surface area contributed by atoms with Gasteiger partial charge in [0.05, 0.1) is 6.26 Å². The molecule has 3 rings (SSSR count). The summed E-state index contributed by atoms with van der Waals surface area (Å²) in [7, 11) is 0. The second-order valence-electron chi connectivity index (χ2n) is 5.56. The molecule has 20 heavy (non-hydrogen) atoms. The van der Waals surface area contributed by atoms with Crippen LogP contribution >= 0.6 is 11.6 Å². The predicted molar refractivity (Wildman–Crippen MR) is 80.2 cm³/mol. The van der Waals surface area contributed by atoms with Gasteiger partial charge < -0.3 is 4.42 Å². The van der Waals surface area contributed by atoms with Crippen molar-refractivity contribution in [2.45, 2.75) is 31.6 Å². The summed E-state index contributed by atoms with van der Waals surface area (Å²) in [4.78, 5) is 11.9. The van der Waals surface area contributed by atoms with E-state index < -0.39 is 0 Å². The van der Waals surface area contributed by atoms with Crippen LogP contribution in [-0.4, -0.2) is 0 Å². The normalized spacial score (nSPS) is 16.1. The van der Waals surface area contributed by atoms with E-state index in [0.29, 0.717) is 0 Å². The van der Waals surface area contributed by atoms with Gasteiger partial charge in [0.15, 0.2) is 0 Å². The minimum absolute atomic E-state index is 0.202. The van der Waals surface area contributed by atoms with Crippen molar-refractivity contribution in [1.82, 2.24) is 0 Å². The second kappa shape index (κ2) is 5.84. The molecule has 0 spiro atoms. The maximum absolute atomic E-state index is 11.9. The molecule has 0 N–H and O–H groups in total. The molecule has 1 aliphatic rings. The van der Waals surface area contributed by atoms with Gasteiger partial charge in [0.25, 0.3) is 0 Å². The molecular weight excluding hydrogens is 272 g/mol. The van der Waals surface area contributed by atoms with Crippen molar-refractivity contribution in [3.63, 3.8) is 0 Å². The molecule has 1 atom stereocenters. The van der Waals surface area contributed by atoms with E-state index in [2.05, 4.69) is 0 Å². The van der Waals surface area contributed by atoms with Crippen LogP contribution < -0.4 is 5.63 Å². The van der Waals surface area contributed by atoms with Crippen molar-refractivity contribution in [2.75, 3.05) is 0 Å². The third-order valence-corrected chi connectivity index (χ3v) is 4.17. The lowest BCUT2D eigenvalue weighted by Crippen LogP contribution is -2.14. The molecule has 1 saturated carbocycles. The second-order valence-corrected chi connectivity index (χ2v) is 6.00. The topological polar surface area (TPSA) is 30.2 Å². The predicted octanol–water partition coefficient (Wildman–Crippen LogP) is 4.42. The lowest BCUT2D eigenvalue weighted by atomic mass is 9.88. The van der Waals surface area contributed by atoms with Gasteiger partial charge in [-0.15, -0.1) is 0 Å². The summed E-state index contributed by atoms with van der Waals surface area (Å²) in [5.74, 6) is 1.01. The fraction of sp³-hybridized carbons (Fsp3) is 0.353. The first-order valence-electron chi connectivity index (χ1n) is 7.04. The third kappa shape index (κ3) is 3.31. The highest BCUT2D eigenvalue weighted by Crippen LogP contribution is 2.39. The standard InChI is InChI=1S/C17H17ClO2/c18-15-7-5-13(6-8-15)11-14(10-12-3-4-12)16-2-1-9-20-17(16)19/h1-2,5-9,12,14H,3-4,10-11H2. The van der Waals surface area contributed by atoms with Gasteiger partial charge in [0.2, 0.25) is 0 Å². The molecule has 1 aromatic heterocycles. The maximum atomic E-state index is 11.9. The number of hydrogen-bond donors (Lipinski definition) is 0. The van der Waals surface area contributed by atoms with Gasteiger partial charge in [-0.1, -0.05) is 36.6 Å². The van der Waals surface area contributed by atoms with Gasteiger partial charge in [0, 0.05) is 10.6 Å². The van der Waals surface area contributed by atoms with Crippen molar-refractivity contribution in [3.05, 3.63) is 69.2 Å². The van der Waals surface area contributed by atoms with E-state index in [0.717, 1.165) is 29.3 Å². The Kier molecular flexibility index (Phi) is 3.93. The highest BCUT2D eigenvalue weighted by Gasteiger charge is 2.27. The fourth-order valence-electron chi connectivity index (χ4n) is 2.66. The Morgan fingerprint density at radius 3 is 2.60 bits per heavy atom. The Labute approximate surface area is 123 Å². The van der Waals surface area contributed by atoms with Crippen LogP contribution in [0.2, 0.25) is 5.02 Å². The molecule has 1 aliphatic carbocycles. The Bertz CT molecular complexity index is 626. The quantitative estimate of drug-likeness (QED) is 0.815. The van der Waals surface area contributed by atoms with Crippen LogP contribution in [-0.2, 0) is 6.42 Å². The van der Waals surface area contributed by atoms with E-state index >= 15 is 0 Å². The van der Waals surface area contributed by atoms with Crippen molar-refractivity contribution in [1.29, 1.82) is 0 Å². The van der Waals surface area contributed by atoms with Crippen molar-refractivity contribution in [3.8, 4) is 0 Å². The number of hydrogen-bond acceptors (Lipinski definition) is 2. The van der Waals surface area contributed by atoms with Gasteiger partial charge in [-0.3, -0.25) is 0 Å². The summed E-state index contributed by atoms with van der Waals surface area (Å²) >= 11 is 5.92. The van der Waals surface area contributed by atoms with Crippen molar-refractivity contribution < 1.29 is 4.42 Å². The zero-order valence-electron chi connectivity index (χ0n) is 11.2. The lowest BCUT2D eigenvalue weighted by Gasteiger charge is -2.16. The minimum Gasteiger partial charge on any atom is -0.431 e. The maximum Gasteiger partial charge on any atom is 0.339 e. The number of rotatable bonds is 5. The lowest BCUT2D eigenvalue weighted by molar-refractivity contribution is 0.477. The first-order valence-corrected chi connectivity index (χ1v) is 7.42. The monoisotopic (exact) mass is 288 g/mol. The molecule has 1 fully saturated rings. The molecule has 2 nitrogen and oxygen atoms in total. The largest absolute Gasteiger partial charge is 0.431 e. The van der Waals surface area contributed by atoms with Gasteiger partial charge in [-0.05, 0) is 54.5 Å². The molecule has 3 heteroatoms. The first kappa shape index (κ1) is 13.4. The van der Waals surface area contributed by atoms with Crippen LogP contribution in [0.4, 0.5) is 0 Å². The van der Waals surface area contributed by atoms with E-state index in [-0.39, 0.29) is 11.5 Å². The first-order chi connectivity index (χ1) is 9.72. The summed E-state index contributed by atoms with van der Waals surface area (Å²) in [6, 6.07) is 11.6. The molecule has 0 amide bonds. The summed E-state index contributed by atoms with van der Waals surface area (Å²) in [5.41, 5.74) is 1.81. The van der Waals surface area contributed by atoms with Gasteiger partial charge in [-0.25, -0.2) is 4.79 Å². The fourth-order valence-corrected chi connectivity index (χ4v) is 2.79. The molecule has 1 heterocycles. The molecule has 104 valence electrons. The zero-order valence-corrected chi connectivity index (χ0v) is 12.0.